The Morgan fingerprint density at radius 1 is 1.53 bits per heavy atom. The van der Waals surface area contributed by atoms with E-state index in [1.165, 1.54) is 0 Å². The third-order valence-electron chi connectivity index (χ3n) is 2.96. The fourth-order valence-electron chi connectivity index (χ4n) is 1.73. The normalized spacial score (nSPS) is 12.5. The van der Waals surface area contributed by atoms with Gasteiger partial charge in [-0.15, -0.1) is 0 Å². The SMILES string of the molecule is CCCCC(N)C(=O)Nc1c(C)nn(C)c1C. The lowest BCUT2D eigenvalue weighted by atomic mass is 10.1. The van der Waals surface area contributed by atoms with E-state index >= 15 is 0 Å². The summed E-state index contributed by atoms with van der Waals surface area (Å²) in [5, 5.41) is 7.11. The lowest BCUT2D eigenvalue weighted by Crippen LogP contribution is -2.35. The number of aromatic nitrogens is 2. The van der Waals surface area contributed by atoms with Gasteiger partial charge < -0.3 is 11.1 Å². The Balaban J connectivity index is 2.67. The summed E-state index contributed by atoms with van der Waals surface area (Å²) < 4.78 is 1.75. The van der Waals surface area contributed by atoms with Crippen LogP contribution in [0.1, 0.15) is 37.6 Å². The van der Waals surface area contributed by atoms with Crippen LogP contribution >= 0.6 is 0 Å². The maximum atomic E-state index is 11.9. The highest BCUT2D eigenvalue weighted by molar-refractivity contribution is 5.95. The maximum absolute atomic E-state index is 11.9. The van der Waals surface area contributed by atoms with Crippen molar-refractivity contribution in [3.05, 3.63) is 11.4 Å². The van der Waals surface area contributed by atoms with Gasteiger partial charge in [0.1, 0.15) is 0 Å². The third kappa shape index (κ3) is 3.30. The van der Waals surface area contributed by atoms with E-state index in [0.29, 0.717) is 0 Å². The Morgan fingerprint density at radius 2 is 2.18 bits per heavy atom. The highest BCUT2D eigenvalue weighted by Gasteiger charge is 2.17. The van der Waals surface area contributed by atoms with E-state index in [4.69, 9.17) is 5.73 Å². The first kappa shape index (κ1) is 13.7. The zero-order chi connectivity index (χ0) is 13.0. The molecule has 1 amide bonds. The first-order chi connectivity index (χ1) is 7.97. The van der Waals surface area contributed by atoms with Crippen molar-refractivity contribution >= 4 is 11.6 Å². The topological polar surface area (TPSA) is 72.9 Å². The minimum absolute atomic E-state index is 0.127. The van der Waals surface area contributed by atoms with E-state index in [0.717, 1.165) is 36.3 Å². The van der Waals surface area contributed by atoms with E-state index in [9.17, 15) is 4.79 Å². The Hall–Kier alpha value is -1.36. The largest absolute Gasteiger partial charge is 0.322 e. The summed E-state index contributed by atoms with van der Waals surface area (Å²) in [6.07, 6.45) is 2.74. The molecule has 1 rings (SSSR count). The van der Waals surface area contributed by atoms with Gasteiger partial charge in [0.2, 0.25) is 5.91 Å². The molecule has 0 aromatic carbocycles. The first-order valence-electron chi connectivity index (χ1n) is 6.04. The smallest absolute Gasteiger partial charge is 0.241 e. The number of rotatable bonds is 5. The maximum Gasteiger partial charge on any atom is 0.241 e. The monoisotopic (exact) mass is 238 g/mol. The van der Waals surface area contributed by atoms with Crippen LogP contribution in [0.5, 0.6) is 0 Å². The molecule has 1 heterocycles. The van der Waals surface area contributed by atoms with Crippen molar-refractivity contribution in [1.82, 2.24) is 9.78 Å². The molecular weight excluding hydrogens is 216 g/mol. The number of nitrogens with zero attached hydrogens (tertiary/aromatic N) is 2. The Kier molecular flexibility index (Phi) is 4.69. The van der Waals surface area contributed by atoms with Gasteiger partial charge in [0.15, 0.2) is 0 Å². The van der Waals surface area contributed by atoms with Crippen LogP contribution in [0.25, 0.3) is 0 Å². The molecule has 5 nitrogen and oxygen atoms in total. The molecule has 17 heavy (non-hydrogen) atoms. The lowest BCUT2D eigenvalue weighted by molar-refractivity contribution is -0.117. The van der Waals surface area contributed by atoms with Crippen LogP contribution in [0.2, 0.25) is 0 Å². The molecule has 0 aliphatic heterocycles. The van der Waals surface area contributed by atoms with Crippen molar-refractivity contribution in [2.75, 3.05) is 5.32 Å². The molecule has 0 bridgehead atoms. The van der Waals surface area contributed by atoms with Crippen molar-refractivity contribution in [2.45, 2.75) is 46.1 Å². The van der Waals surface area contributed by atoms with Crippen LogP contribution in [-0.4, -0.2) is 21.7 Å². The van der Waals surface area contributed by atoms with Gasteiger partial charge in [-0.1, -0.05) is 19.8 Å². The molecule has 1 aromatic rings. The van der Waals surface area contributed by atoms with E-state index in [1.54, 1.807) is 4.68 Å². The van der Waals surface area contributed by atoms with Gasteiger partial charge in [0.05, 0.1) is 23.1 Å². The summed E-state index contributed by atoms with van der Waals surface area (Å²) in [4.78, 5) is 11.9. The van der Waals surface area contributed by atoms with Crippen LogP contribution in [0.15, 0.2) is 0 Å². The molecule has 0 fully saturated rings. The molecular formula is C12H22N4O. The zero-order valence-corrected chi connectivity index (χ0v) is 11.1. The van der Waals surface area contributed by atoms with Crippen molar-refractivity contribution in [3.63, 3.8) is 0 Å². The van der Waals surface area contributed by atoms with Gasteiger partial charge in [-0.05, 0) is 20.3 Å². The second kappa shape index (κ2) is 5.82. The highest BCUT2D eigenvalue weighted by atomic mass is 16.2. The van der Waals surface area contributed by atoms with Crippen LogP contribution in [0.3, 0.4) is 0 Å². The molecule has 1 aromatic heterocycles. The molecule has 1 unspecified atom stereocenters. The van der Waals surface area contributed by atoms with Crippen molar-refractivity contribution in [3.8, 4) is 0 Å². The van der Waals surface area contributed by atoms with Crippen molar-refractivity contribution in [2.24, 2.45) is 12.8 Å². The standard InChI is InChI=1S/C12H22N4O/c1-5-6-7-10(13)12(17)14-11-8(2)15-16(4)9(11)3/h10H,5-7,13H2,1-4H3,(H,14,17). The van der Waals surface area contributed by atoms with E-state index < -0.39 is 6.04 Å². The molecule has 0 saturated carbocycles. The van der Waals surface area contributed by atoms with Gasteiger partial charge in [0, 0.05) is 7.05 Å². The predicted molar refractivity (Wildman–Crippen MR) is 68.8 cm³/mol. The van der Waals surface area contributed by atoms with Crippen LogP contribution in [0, 0.1) is 13.8 Å². The summed E-state index contributed by atoms with van der Waals surface area (Å²) >= 11 is 0. The Bertz CT molecular complexity index is 397. The van der Waals surface area contributed by atoms with Gasteiger partial charge in [0.25, 0.3) is 0 Å². The fraction of sp³-hybridized carbons (Fsp3) is 0.667. The van der Waals surface area contributed by atoms with Crippen LogP contribution < -0.4 is 11.1 Å². The molecule has 0 aliphatic carbocycles. The molecule has 96 valence electrons. The van der Waals surface area contributed by atoms with Crippen LogP contribution in [-0.2, 0) is 11.8 Å². The molecule has 3 N–H and O–H groups in total. The number of amides is 1. The van der Waals surface area contributed by atoms with E-state index in [-0.39, 0.29) is 5.91 Å². The highest BCUT2D eigenvalue weighted by Crippen LogP contribution is 2.18. The first-order valence-corrected chi connectivity index (χ1v) is 6.04. The number of hydrogen-bond donors (Lipinski definition) is 2. The van der Waals surface area contributed by atoms with E-state index in [2.05, 4.69) is 17.3 Å². The summed E-state index contributed by atoms with van der Waals surface area (Å²) in [6.45, 7) is 5.88. The third-order valence-corrected chi connectivity index (χ3v) is 2.96. The average Bonchev–Trinajstić information content (AvgIpc) is 2.52. The lowest BCUT2D eigenvalue weighted by Gasteiger charge is -2.11. The predicted octanol–water partition coefficient (Wildman–Crippen LogP) is 1.49. The second-order valence-corrected chi connectivity index (χ2v) is 4.41. The Labute approximate surface area is 102 Å². The number of aryl methyl sites for hydroxylation is 2. The summed E-state index contributed by atoms with van der Waals surface area (Å²) in [6, 6.07) is -0.436. The average molecular weight is 238 g/mol. The van der Waals surface area contributed by atoms with Crippen molar-refractivity contribution < 1.29 is 4.79 Å². The van der Waals surface area contributed by atoms with Gasteiger partial charge in [-0.3, -0.25) is 9.48 Å². The van der Waals surface area contributed by atoms with Gasteiger partial charge in [-0.2, -0.15) is 5.10 Å². The number of carbonyl (C=O) groups excluding carboxylic acids is 1. The molecule has 0 spiro atoms. The summed E-state index contributed by atoms with van der Waals surface area (Å²) in [5.74, 6) is -0.127. The number of nitrogens with two attached hydrogens (primary N) is 1. The van der Waals surface area contributed by atoms with Crippen LogP contribution in [0.4, 0.5) is 5.69 Å². The zero-order valence-electron chi connectivity index (χ0n) is 11.1. The minimum Gasteiger partial charge on any atom is -0.322 e. The minimum atomic E-state index is -0.436. The number of carbonyl (C=O) groups is 1. The number of unbranched alkanes of at least 4 members (excludes halogenated alkanes) is 1. The number of anilines is 1. The quantitative estimate of drug-likeness (QED) is 0.816. The summed E-state index contributed by atoms with van der Waals surface area (Å²) in [5.41, 5.74) is 8.36. The van der Waals surface area contributed by atoms with E-state index in [1.807, 2.05) is 20.9 Å². The van der Waals surface area contributed by atoms with Crippen molar-refractivity contribution in [1.29, 1.82) is 0 Å². The molecule has 0 aliphatic rings. The fourth-order valence-corrected chi connectivity index (χ4v) is 1.73. The molecule has 0 radical (unpaired) electrons. The Morgan fingerprint density at radius 3 is 2.65 bits per heavy atom. The number of nitrogens with one attached hydrogen (secondary N) is 1. The van der Waals surface area contributed by atoms with Gasteiger partial charge in [-0.25, -0.2) is 0 Å². The molecule has 5 heteroatoms. The second-order valence-electron chi connectivity index (χ2n) is 4.41. The van der Waals surface area contributed by atoms with Gasteiger partial charge >= 0.3 is 0 Å². The summed E-state index contributed by atoms with van der Waals surface area (Å²) in [7, 11) is 1.86. The molecule has 1 atom stereocenters. The molecule has 0 saturated heterocycles. The number of hydrogen-bond acceptors (Lipinski definition) is 3.